The number of carbonyl (C=O) groups excluding carboxylic acids is 1. The molecule has 1 N–H and O–H groups in total. The SMILES string of the molecule is O=C(Nc1ccccc1SC[C@@H]1CSc2nc3ccccc3c(=O)n21)c1ccccc1Cl. The molecule has 5 nitrogen and oxygen atoms in total. The summed E-state index contributed by atoms with van der Waals surface area (Å²) in [5, 5.41) is 4.78. The molecule has 1 aliphatic rings. The van der Waals surface area contributed by atoms with Gasteiger partial charge >= 0.3 is 0 Å². The molecular formula is C24H18ClN3O2S2. The number of para-hydroxylation sites is 2. The molecule has 160 valence electrons. The molecule has 8 heteroatoms. The van der Waals surface area contributed by atoms with Crippen molar-refractivity contribution in [3.05, 3.63) is 93.7 Å². The van der Waals surface area contributed by atoms with E-state index in [2.05, 4.69) is 10.3 Å². The second-order valence-electron chi connectivity index (χ2n) is 7.29. The van der Waals surface area contributed by atoms with Crippen LogP contribution in [0.25, 0.3) is 10.9 Å². The molecule has 1 aliphatic heterocycles. The van der Waals surface area contributed by atoms with Crippen LogP contribution in [0.15, 0.2) is 87.6 Å². The monoisotopic (exact) mass is 479 g/mol. The van der Waals surface area contributed by atoms with Crippen LogP contribution in [0.1, 0.15) is 16.4 Å². The minimum absolute atomic E-state index is 0.00140. The zero-order valence-electron chi connectivity index (χ0n) is 16.8. The van der Waals surface area contributed by atoms with Crippen molar-refractivity contribution < 1.29 is 4.79 Å². The van der Waals surface area contributed by atoms with Crippen molar-refractivity contribution in [2.24, 2.45) is 0 Å². The number of aromatic nitrogens is 2. The zero-order chi connectivity index (χ0) is 22.1. The number of fused-ring (bicyclic) bond motifs is 2. The second kappa shape index (κ2) is 9.02. The van der Waals surface area contributed by atoms with Crippen LogP contribution in [0.5, 0.6) is 0 Å². The van der Waals surface area contributed by atoms with E-state index in [1.165, 1.54) is 0 Å². The lowest BCUT2D eigenvalue weighted by Gasteiger charge is -2.15. The molecule has 4 aromatic rings. The molecule has 0 fully saturated rings. The van der Waals surface area contributed by atoms with Crippen molar-refractivity contribution in [3.63, 3.8) is 0 Å². The van der Waals surface area contributed by atoms with Crippen LogP contribution in [-0.2, 0) is 0 Å². The van der Waals surface area contributed by atoms with E-state index in [1.807, 2.05) is 53.1 Å². The van der Waals surface area contributed by atoms with E-state index in [-0.39, 0.29) is 17.5 Å². The van der Waals surface area contributed by atoms with Crippen LogP contribution in [0, 0.1) is 0 Å². The highest BCUT2D eigenvalue weighted by Crippen LogP contribution is 2.36. The predicted molar refractivity (Wildman–Crippen MR) is 132 cm³/mol. The van der Waals surface area contributed by atoms with Crippen LogP contribution in [0.2, 0.25) is 5.02 Å². The van der Waals surface area contributed by atoms with Gasteiger partial charge in [0.05, 0.1) is 33.2 Å². The topological polar surface area (TPSA) is 64.0 Å². The first kappa shape index (κ1) is 21.1. The largest absolute Gasteiger partial charge is 0.321 e. The van der Waals surface area contributed by atoms with Crippen molar-refractivity contribution in [3.8, 4) is 0 Å². The number of benzene rings is 3. The summed E-state index contributed by atoms with van der Waals surface area (Å²) in [6.07, 6.45) is 0. The van der Waals surface area contributed by atoms with Crippen LogP contribution >= 0.6 is 35.1 Å². The Labute approximate surface area is 198 Å². The fourth-order valence-corrected chi connectivity index (χ4v) is 6.24. The number of hydrogen-bond acceptors (Lipinski definition) is 5. The molecule has 0 radical (unpaired) electrons. The number of halogens is 1. The van der Waals surface area contributed by atoms with Gasteiger partial charge in [-0.15, -0.1) is 11.8 Å². The maximum absolute atomic E-state index is 13.1. The summed E-state index contributed by atoms with van der Waals surface area (Å²) in [4.78, 5) is 31.4. The lowest BCUT2D eigenvalue weighted by molar-refractivity contribution is 0.102. The van der Waals surface area contributed by atoms with E-state index in [0.29, 0.717) is 21.7 Å². The Morgan fingerprint density at radius 3 is 2.72 bits per heavy atom. The highest BCUT2D eigenvalue weighted by molar-refractivity contribution is 8.00. The molecule has 1 aromatic heterocycles. The Kier molecular flexibility index (Phi) is 5.95. The van der Waals surface area contributed by atoms with E-state index in [1.54, 1.807) is 47.8 Å². The fourth-order valence-electron chi connectivity index (χ4n) is 3.63. The molecule has 2 heterocycles. The Balaban J connectivity index is 1.36. The fraction of sp³-hybridized carbons (Fsp3) is 0.125. The first-order valence-electron chi connectivity index (χ1n) is 10.0. The van der Waals surface area contributed by atoms with Gasteiger partial charge in [0, 0.05) is 16.4 Å². The highest BCUT2D eigenvalue weighted by atomic mass is 35.5. The second-order valence-corrected chi connectivity index (χ2v) is 9.75. The number of nitrogens with one attached hydrogen (secondary N) is 1. The van der Waals surface area contributed by atoms with Crippen molar-refractivity contribution >= 4 is 57.6 Å². The summed E-state index contributed by atoms with van der Waals surface area (Å²) in [6.45, 7) is 0. The van der Waals surface area contributed by atoms with Gasteiger partial charge in [-0.2, -0.15) is 0 Å². The number of hydrogen-bond donors (Lipinski definition) is 1. The average molecular weight is 480 g/mol. The molecule has 0 saturated carbocycles. The molecule has 3 aromatic carbocycles. The smallest absolute Gasteiger partial charge is 0.262 e. The molecule has 1 amide bonds. The number of amides is 1. The van der Waals surface area contributed by atoms with Crippen LogP contribution in [-0.4, -0.2) is 27.0 Å². The molecular weight excluding hydrogens is 462 g/mol. The predicted octanol–water partition coefficient (Wildman–Crippen LogP) is 5.74. The summed E-state index contributed by atoms with van der Waals surface area (Å²) in [7, 11) is 0. The van der Waals surface area contributed by atoms with Gasteiger partial charge in [-0.1, -0.05) is 59.8 Å². The van der Waals surface area contributed by atoms with Gasteiger partial charge in [-0.25, -0.2) is 4.98 Å². The van der Waals surface area contributed by atoms with E-state index in [0.717, 1.165) is 27.0 Å². The van der Waals surface area contributed by atoms with Gasteiger partial charge in [-0.3, -0.25) is 14.2 Å². The molecule has 5 rings (SSSR count). The minimum atomic E-state index is -0.252. The lowest BCUT2D eigenvalue weighted by Crippen LogP contribution is -2.26. The zero-order valence-corrected chi connectivity index (χ0v) is 19.2. The maximum atomic E-state index is 13.1. The van der Waals surface area contributed by atoms with E-state index in [9.17, 15) is 9.59 Å². The minimum Gasteiger partial charge on any atom is -0.321 e. The Bertz CT molecular complexity index is 1390. The molecule has 0 unspecified atom stereocenters. The first-order chi connectivity index (χ1) is 15.6. The van der Waals surface area contributed by atoms with Crippen molar-refractivity contribution in [2.75, 3.05) is 16.8 Å². The Morgan fingerprint density at radius 1 is 1.09 bits per heavy atom. The Hall–Kier alpha value is -2.74. The Morgan fingerprint density at radius 2 is 1.84 bits per heavy atom. The van der Waals surface area contributed by atoms with Gasteiger partial charge < -0.3 is 5.32 Å². The third-order valence-corrected chi connectivity index (χ3v) is 7.88. The number of anilines is 1. The summed E-state index contributed by atoms with van der Waals surface area (Å²) >= 11 is 9.39. The van der Waals surface area contributed by atoms with Crippen LogP contribution < -0.4 is 10.9 Å². The molecule has 0 spiro atoms. The molecule has 0 bridgehead atoms. The van der Waals surface area contributed by atoms with Gasteiger partial charge in [0.1, 0.15) is 0 Å². The summed E-state index contributed by atoms with van der Waals surface area (Å²) in [5.41, 5.74) is 1.88. The highest BCUT2D eigenvalue weighted by Gasteiger charge is 2.27. The van der Waals surface area contributed by atoms with Gasteiger partial charge in [0.2, 0.25) is 0 Å². The molecule has 1 atom stereocenters. The maximum Gasteiger partial charge on any atom is 0.262 e. The van der Waals surface area contributed by atoms with Crippen molar-refractivity contribution in [1.29, 1.82) is 0 Å². The van der Waals surface area contributed by atoms with E-state index in [4.69, 9.17) is 11.6 Å². The summed E-state index contributed by atoms with van der Waals surface area (Å²) < 4.78 is 1.81. The molecule has 32 heavy (non-hydrogen) atoms. The van der Waals surface area contributed by atoms with Gasteiger partial charge in [-0.05, 0) is 36.4 Å². The molecule has 0 aliphatic carbocycles. The third kappa shape index (κ3) is 4.03. The first-order valence-corrected chi connectivity index (χ1v) is 12.4. The number of carbonyl (C=O) groups is 1. The normalized spacial score (nSPS) is 15.0. The lowest BCUT2D eigenvalue weighted by atomic mass is 10.2. The van der Waals surface area contributed by atoms with Gasteiger partial charge in [0.25, 0.3) is 11.5 Å². The number of thioether (sulfide) groups is 2. The van der Waals surface area contributed by atoms with Gasteiger partial charge in [0.15, 0.2) is 5.16 Å². The average Bonchev–Trinajstić information content (AvgIpc) is 3.22. The van der Waals surface area contributed by atoms with Crippen molar-refractivity contribution in [1.82, 2.24) is 9.55 Å². The number of rotatable bonds is 5. The quantitative estimate of drug-likeness (QED) is 0.292. The van der Waals surface area contributed by atoms with E-state index >= 15 is 0 Å². The molecule has 0 saturated heterocycles. The summed E-state index contributed by atoms with van der Waals surface area (Å²) in [5.74, 6) is 1.23. The van der Waals surface area contributed by atoms with Crippen molar-refractivity contribution in [2.45, 2.75) is 16.1 Å². The van der Waals surface area contributed by atoms with Crippen LogP contribution in [0.4, 0.5) is 5.69 Å². The standard InChI is InChI=1S/C24H18ClN3O2S2/c25-18-9-3-1-7-16(18)22(29)26-20-11-5-6-12-21(20)31-13-15-14-32-24-27-19-10-4-2-8-17(19)23(30)28(15)24/h1-12,15H,13-14H2,(H,26,29)/t15-/m1/s1. The van der Waals surface area contributed by atoms with E-state index < -0.39 is 0 Å². The van der Waals surface area contributed by atoms with Crippen LogP contribution in [0.3, 0.4) is 0 Å². The third-order valence-electron chi connectivity index (χ3n) is 5.23. The number of nitrogens with zero attached hydrogens (tertiary/aromatic N) is 2. The summed E-state index contributed by atoms with van der Waals surface area (Å²) in [6, 6.07) is 22.1.